The van der Waals surface area contributed by atoms with Gasteiger partial charge in [0.05, 0.1) is 16.5 Å². The van der Waals surface area contributed by atoms with E-state index in [0.717, 1.165) is 24.5 Å². The van der Waals surface area contributed by atoms with Crippen molar-refractivity contribution in [3.05, 3.63) is 138 Å². The van der Waals surface area contributed by atoms with Crippen LogP contribution in [0.15, 0.2) is 131 Å². The monoisotopic (exact) mass is 551 g/mol. The largest absolute Gasteiger partial charge is 0.309 e. The van der Waals surface area contributed by atoms with Gasteiger partial charge in [0.2, 0.25) is 5.96 Å². The number of hydrogen-bond donors (Lipinski definition) is 0. The fourth-order valence-corrected chi connectivity index (χ4v) is 10.3. The third-order valence-corrected chi connectivity index (χ3v) is 11.9. The van der Waals surface area contributed by atoms with Gasteiger partial charge < -0.3 is 4.90 Å². The predicted molar refractivity (Wildman–Crippen MR) is 171 cm³/mol. The number of thioether (sulfide) groups is 1. The maximum atomic E-state index is 5.56. The Bertz CT molecular complexity index is 1690. The van der Waals surface area contributed by atoms with Gasteiger partial charge in [-0.25, -0.2) is 9.98 Å². The Hall–Kier alpha value is -3.63. The van der Waals surface area contributed by atoms with E-state index < -0.39 is 0 Å². The number of rotatable bonds is 1. The molecule has 4 aliphatic carbocycles. The molecule has 0 spiro atoms. The fourth-order valence-electron chi connectivity index (χ4n) is 8.47. The Kier molecular flexibility index (Phi) is 5.23. The lowest BCUT2D eigenvalue weighted by atomic mass is 9.71. The molecule has 41 heavy (non-hydrogen) atoms. The van der Waals surface area contributed by atoms with Gasteiger partial charge in [-0.15, -0.1) is 11.8 Å². The summed E-state index contributed by atoms with van der Waals surface area (Å²) in [5.41, 5.74) is 7.92. The molecule has 2 aromatic carbocycles. The molecule has 7 aliphatic rings. The molecule has 0 bridgehead atoms. The summed E-state index contributed by atoms with van der Waals surface area (Å²) in [5, 5.41) is 0.881. The summed E-state index contributed by atoms with van der Waals surface area (Å²) in [5.74, 6) is 2.35. The second-order valence-electron chi connectivity index (χ2n) is 12.5. The summed E-state index contributed by atoms with van der Waals surface area (Å²) < 4.78 is 0. The van der Waals surface area contributed by atoms with Crippen molar-refractivity contribution < 1.29 is 0 Å². The Morgan fingerprint density at radius 1 is 0.902 bits per heavy atom. The topological polar surface area (TPSA) is 28.0 Å². The smallest absolute Gasteiger partial charge is 0.226 e. The quantitative estimate of drug-likeness (QED) is 0.339. The van der Waals surface area contributed by atoms with Gasteiger partial charge in [0.15, 0.2) is 0 Å². The van der Waals surface area contributed by atoms with Crippen LogP contribution in [-0.4, -0.2) is 38.7 Å². The van der Waals surface area contributed by atoms with Crippen molar-refractivity contribution in [2.24, 2.45) is 27.7 Å². The van der Waals surface area contributed by atoms with Gasteiger partial charge in [-0.3, -0.25) is 0 Å². The van der Waals surface area contributed by atoms with Crippen molar-refractivity contribution in [3.8, 4) is 0 Å². The molecule has 1 saturated heterocycles. The summed E-state index contributed by atoms with van der Waals surface area (Å²) in [7, 11) is 0. The molecule has 0 N–H and O–H groups in total. The van der Waals surface area contributed by atoms with Gasteiger partial charge in [0, 0.05) is 40.7 Å². The standard InChI is InChI=1S/C37H33N3S/c1-37-22-12-11-19-28(37)33(23-13-3-2-4-14-23)38-36(39-37)40-29-20-9-7-17-26(29)31-24-15-5-6-16-25(24)32-27-18-8-10-21-30(27)41-35(32)34(31)40/h2-8,10-19,21-22,26-30,32,35H,9,20H2,1H3. The normalized spacial score (nSPS) is 37.1. The summed E-state index contributed by atoms with van der Waals surface area (Å²) in [6.07, 6.45) is 25.4. The van der Waals surface area contributed by atoms with Crippen LogP contribution >= 0.6 is 11.8 Å². The number of hydrogen-bond acceptors (Lipinski definition) is 4. The molecule has 9 rings (SSSR count). The van der Waals surface area contributed by atoms with Crippen molar-refractivity contribution >= 4 is 29.0 Å². The molecule has 3 aliphatic heterocycles. The van der Waals surface area contributed by atoms with Crippen molar-refractivity contribution in [3.63, 3.8) is 0 Å². The Balaban J connectivity index is 1.27. The highest BCUT2D eigenvalue weighted by atomic mass is 32.2. The van der Waals surface area contributed by atoms with Gasteiger partial charge in [-0.05, 0) is 42.0 Å². The summed E-state index contributed by atoms with van der Waals surface area (Å²) >= 11 is 2.16. The Labute approximate surface area is 246 Å². The minimum Gasteiger partial charge on any atom is -0.309 e. The van der Waals surface area contributed by atoms with E-state index >= 15 is 0 Å². The molecule has 8 atom stereocenters. The molecule has 3 heterocycles. The molecule has 202 valence electrons. The Morgan fingerprint density at radius 3 is 2.66 bits per heavy atom. The minimum absolute atomic E-state index is 0.121. The molecule has 2 aromatic rings. The third kappa shape index (κ3) is 3.40. The molecule has 1 fully saturated rings. The molecule has 4 heteroatoms. The van der Waals surface area contributed by atoms with Gasteiger partial charge in [-0.2, -0.15) is 0 Å². The summed E-state index contributed by atoms with van der Waals surface area (Å²) in [4.78, 5) is 13.7. The number of benzene rings is 2. The third-order valence-electron chi connectivity index (χ3n) is 10.3. The van der Waals surface area contributed by atoms with Crippen LogP contribution in [0.1, 0.15) is 42.4 Å². The second-order valence-corrected chi connectivity index (χ2v) is 13.8. The highest BCUT2D eigenvalue weighted by molar-refractivity contribution is 8.01. The van der Waals surface area contributed by atoms with Crippen LogP contribution in [-0.2, 0) is 0 Å². The van der Waals surface area contributed by atoms with Crippen LogP contribution in [0, 0.1) is 17.8 Å². The van der Waals surface area contributed by atoms with E-state index in [-0.39, 0.29) is 11.5 Å². The average Bonchev–Trinajstić information content (AvgIpc) is 3.58. The first kappa shape index (κ1) is 24.0. The first-order valence-corrected chi connectivity index (χ1v) is 16.1. The van der Waals surface area contributed by atoms with Gasteiger partial charge >= 0.3 is 0 Å². The lowest BCUT2D eigenvalue weighted by Gasteiger charge is -2.41. The number of allylic oxidation sites excluding steroid dienone is 6. The minimum atomic E-state index is -0.366. The maximum Gasteiger partial charge on any atom is 0.226 e. The highest BCUT2D eigenvalue weighted by Gasteiger charge is 2.56. The SMILES string of the molecule is CC12C=CC=CC1C(c1ccccc1)=NC(N1C3=C(c4ccccc4C4C3SC3C=CC=CC34)C3C=CCCC31)=N2. The van der Waals surface area contributed by atoms with E-state index in [0.29, 0.717) is 34.3 Å². The van der Waals surface area contributed by atoms with Gasteiger partial charge in [0.1, 0.15) is 0 Å². The lowest BCUT2D eigenvalue weighted by molar-refractivity contribution is 0.324. The molecular formula is C37H33N3S. The highest BCUT2D eigenvalue weighted by Crippen LogP contribution is 2.62. The molecule has 0 saturated carbocycles. The zero-order chi connectivity index (χ0) is 27.1. The molecule has 0 radical (unpaired) electrons. The van der Waals surface area contributed by atoms with E-state index in [9.17, 15) is 0 Å². The van der Waals surface area contributed by atoms with Gasteiger partial charge in [0.25, 0.3) is 0 Å². The zero-order valence-corrected chi connectivity index (χ0v) is 24.0. The van der Waals surface area contributed by atoms with E-state index in [4.69, 9.17) is 9.98 Å². The van der Waals surface area contributed by atoms with E-state index in [1.165, 1.54) is 28.0 Å². The van der Waals surface area contributed by atoms with Crippen molar-refractivity contribution in [1.29, 1.82) is 0 Å². The number of guanidine groups is 1. The van der Waals surface area contributed by atoms with Crippen LogP contribution in [0.2, 0.25) is 0 Å². The fraction of sp³-hybridized carbons (Fsp3) is 0.297. The van der Waals surface area contributed by atoms with E-state index in [2.05, 4.69) is 139 Å². The van der Waals surface area contributed by atoms with E-state index in [1.807, 2.05) is 0 Å². The van der Waals surface area contributed by atoms with Crippen molar-refractivity contribution in [1.82, 2.24) is 4.90 Å². The summed E-state index contributed by atoms with van der Waals surface area (Å²) in [6, 6.07) is 20.4. The van der Waals surface area contributed by atoms with E-state index in [1.54, 1.807) is 0 Å². The maximum absolute atomic E-state index is 5.56. The van der Waals surface area contributed by atoms with Crippen LogP contribution in [0.5, 0.6) is 0 Å². The predicted octanol–water partition coefficient (Wildman–Crippen LogP) is 7.73. The molecule has 0 aromatic heterocycles. The number of fused-ring (bicyclic) bond motifs is 10. The molecule has 3 nitrogen and oxygen atoms in total. The van der Waals surface area contributed by atoms with Crippen LogP contribution in [0.3, 0.4) is 0 Å². The number of aliphatic imine (C=N–C) groups is 2. The molecule has 8 unspecified atom stereocenters. The zero-order valence-electron chi connectivity index (χ0n) is 23.2. The van der Waals surface area contributed by atoms with Crippen LogP contribution in [0.25, 0.3) is 5.57 Å². The average molecular weight is 552 g/mol. The molecular weight excluding hydrogens is 518 g/mol. The number of nitrogens with zero attached hydrogens (tertiary/aromatic N) is 3. The van der Waals surface area contributed by atoms with Crippen molar-refractivity contribution in [2.45, 2.75) is 47.8 Å². The molecule has 0 amide bonds. The summed E-state index contributed by atoms with van der Waals surface area (Å²) in [6.45, 7) is 2.28. The van der Waals surface area contributed by atoms with Gasteiger partial charge in [-0.1, -0.05) is 115 Å². The Morgan fingerprint density at radius 2 is 1.73 bits per heavy atom. The van der Waals surface area contributed by atoms with Crippen LogP contribution in [0.4, 0.5) is 0 Å². The lowest BCUT2D eigenvalue weighted by Crippen LogP contribution is -2.48. The second kappa shape index (κ2) is 8.93. The van der Waals surface area contributed by atoms with Crippen LogP contribution < -0.4 is 0 Å². The first-order valence-electron chi connectivity index (χ1n) is 15.1. The first-order chi connectivity index (χ1) is 20.2. The van der Waals surface area contributed by atoms with Crippen molar-refractivity contribution in [2.75, 3.05) is 0 Å².